The number of nitrogens with one attached hydrogen (secondary N) is 1. The Hall–Kier alpha value is -3.68. The summed E-state index contributed by atoms with van der Waals surface area (Å²) in [6.45, 7) is 2.27. The first-order valence-corrected chi connectivity index (χ1v) is 10.1. The molecule has 1 aromatic heterocycles. The standard InChI is InChI=1S/C24H28N2O6/c1-7-16-8-14-9-19(28-2)20(29-3)12-17(14)18(26-16)13-25-24(27)15-10-21(30-4)23(32-6)22(11-15)31-5/h8-12H,7,13H2,1-6H3,(H,25,27). The summed E-state index contributed by atoms with van der Waals surface area (Å²) in [6.07, 6.45) is 0.762. The van der Waals surface area contributed by atoms with Crippen molar-refractivity contribution in [2.45, 2.75) is 19.9 Å². The molecule has 8 nitrogen and oxygen atoms in total. The highest BCUT2D eigenvalue weighted by Crippen LogP contribution is 2.38. The molecule has 3 rings (SSSR count). The number of benzene rings is 2. The molecule has 3 aromatic rings. The molecule has 0 saturated heterocycles. The molecule has 1 amide bonds. The number of amides is 1. The van der Waals surface area contributed by atoms with Crippen LogP contribution in [0.15, 0.2) is 30.3 Å². The Morgan fingerprint density at radius 3 is 1.94 bits per heavy atom. The molecule has 8 heteroatoms. The molecule has 32 heavy (non-hydrogen) atoms. The van der Waals surface area contributed by atoms with Gasteiger partial charge in [0, 0.05) is 16.6 Å². The summed E-state index contributed by atoms with van der Waals surface area (Å²) in [6, 6.07) is 9.03. The summed E-state index contributed by atoms with van der Waals surface area (Å²) in [5, 5.41) is 4.78. The molecule has 0 aliphatic heterocycles. The molecule has 1 N–H and O–H groups in total. The molecular weight excluding hydrogens is 412 g/mol. The lowest BCUT2D eigenvalue weighted by Crippen LogP contribution is -2.24. The molecule has 0 unspecified atom stereocenters. The van der Waals surface area contributed by atoms with Crippen LogP contribution < -0.4 is 29.0 Å². The Morgan fingerprint density at radius 2 is 1.41 bits per heavy atom. The van der Waals surface area contributed by atoms with Gasteiger partial charge in [-0.3, -0.25) is 9.78 Å². The molecule has 1 heterocycles. The van der Waals surface area contributed by atoms with E-state index in [9.17, 15) is 4.79 Å². The van der Waals surface area contributed by atoms with Gasteiger partial charge in [-0.05, 0) is 42.1 Å². The van der Waals surface area contributed by atoms with E-state index >= 15 is 0 Å². The van der Waals surface area contributed by atoms with Crippen LogP contribution in [0.25, 0.3) is 10.8 Å². The fourth-order valence-electron chi connectivity index (χ4n) is 3.50. The van der Waals surface area contributed by atoms with Gasteiger partial charge in [0.1, 0.15) is 0 Å². The van der Waals surface area contributed by atoms with Crippen molar-refractivity contribution in [1.82, 2.24) is 10.3 Å². The second kappa shape index (κ2) is 10.1. The number of nitrogens with zero attached hydrogens (tertiary/aromatic N) is 1. The van der Waals surface area contributed by atoms with Gasteiger partial charge in [-0.1, -0.05) is 6.92 Å². The first kappa shape index (κ1) is 23.0. The molecule has 0 aliphatic carbocycles. The maximum absolute atomic E-state index is 12.9. The molecule has 0 spiro atoms. The van der Waals surface area contributed by atoms with E-state index in [1.54, 1.807) is 26.4 Å². The zero-order valence-corrected chi connectivity index (χ0v) is 19.2. The third kappa shape index (κ3) is 4.49. The Bertz CT molecular complexity index is 1100. The minimum absolute atomic E-state index is 0.231. The van der Waals surface area contributed by atoms with Gasteiger partial charge in [-0.2, -0.15) is 0 Å². The van der Waals surface area contributed by atoms with Crippen LogP contribution >= 0.6 is 0 Å². The van der Waals surface area contributed by atoms with E-state index in [1.165, 1.54) is 21.3 Å². The summed E-state index contributed by atoms with van der Waals surface area (Å²) in [5.41, 5.74) is 2.04. The predicted octanol–water partition coefficient (Wildman–Crippen LogP) is 3.77. The van der Waals surface area contributed by atoms with Crippen LogP contribution in [0, 0.1) is 0 Å². The number of hydrogen-bond acceptors (Lipinski definition) is 7. The largest absolute Gasteiger partial charge is 0.493 e. The van der Waals surface area contributed by atoms with Gasteiger partial charge in [0.05, 0.1) is 47.8 Å². The quantitative estimate of drug-likeness (QED) is 0.542. The average Bonchev–Trinajstić information content (AvgIpc) is 2.84. The van der Waals surface area contributed by atoms with Gasteiger partial charge >= 0.3 is 0 Å². The van der Waals surface area contributed by atoms with Gasteiger partial charge < -0.3 is 29.0 Å². The molecule has 0 atom stereocenters. The van der Waals surface area contributed by atoms with Crippen LogP contribution in [0.3, 0.4) is 0 Å². The number of rotatable bonds is 9. The minimum Gasteiger partial charge on any atom is -0.493 e. The van der Waals surface area contributed by atoms with E-state index in [4.69, 9.17) is 28.7 Å². The highest BCUT2D eigenvalue weighted by Gasteiger charge is 2.18. The lowest BCUT2D eigenvalue weighted by Gasteiger charge is -2.15. The second-order valence-corrected chi connectivity index (χ2v) is 6.94. The summed E-state index contributed by atoms with van der Waals surface area (Å²) in [7, 11) is 7.72. The summed E-state index contributed by atoms with van der Waals surface area (Å²) >= 11 is 0. The van der Waals surface area contributed by atoms with Crippen molar-refractivity contribution in [3.05, 3.63) is 47.3 Å². The maximum atomic E-state index is 12.9. The monoisotopic (exact) mass is 440 g/mol. The van der Waals surface area contributed by atoms with Crippen LogP contribution in [0.2, 0.25) is 0 Å². The Balaban J connectivity index is 1.95. The molecule has 0 radical (unpaired) electrons. The number of fused-ring (bicyclic) bond motifs is 1. The molecule has 0 fully saturated rings. The third-order valence-corrected chi connectivity index (χ3v) is 5.17. The molecule has 0 saturated carbocycles. The topological polar surface area (TPSA) is 88.1 Å². The van der Waals surface area contributed by atoms with E-state index in [-0.39, 0.29) is 12.5 Å². The smallest absolute Gasteiger partial charge is 0.251 e. The van der Waals surface area contributed by atoms with Crippen LogP contribution in [-0.4, -0.2) is 46.4 Å². The molecular formula is C24H28N2O6. The lowest BCUT2D eigenvalue weighted by molar-refractivity contribution is 0.0949. The lowest BCUT2D eigenvalue weighted by atomic mass is 10.1. The van der Waals surface area contributed by atoms with Crippen molar-refractivity contribution >= 4 is 16.7 Å². The van der Waals surface area contributed by atoms with Crippen molar-refractivity contribution in [2.75, 3.05) is 35.5 Å². The van der Waals surface area contributed by atoms with E-state index in [2.05, 4.69) is 5.32 Å². The number of aryl methyl sites for hydroxylation is 1. The molecule has 0 aliphatic rings. The average molecular weight is 440 g/mol. The fourth-order valence-corrected chi connectivity index (χ4v) is 3.50. The summed E-state index contributed by atoms with van der Waals surface area (Å²) < 4.78 is 26.9. The number of aromatic nitrogens is 1. The van der Waals surface area contributed by atoms with E-state index in [1.807, 2.05) is 25.1 Å². The SMILES string of the molecule is CCc1cc2cc(OC)c(OC)cc2c(CNC(=O)c2cc(OC)c(OC)c(OC)c2)n1. The van der Waals surface area contributed by atoms with Crippen molar-refractivity contribution < 1.29 is 28.5 Å². The van der Waals surface area contributed by atoms with Gasteiger partial charge in [0.15, 0.2) is 23.0 Å². The van der Waals surface area contributed by atoms with Crippen LogP contribution in [0.5, 0.6) is 28.7 Å². The number of carbonyl (C=O) groups is 1. The minimum atomic E-state index is -0.290. The Kier molecular flexibility index (Phi) is 7.25. The maximum Gasteiger partial charge on any atom is 0.251 e. The van der Waals surface area contributed by atoms with E-state index < -0.39 is 0 Å². The zero-order valence-electron chi connectivity index (χ0n) is 19.2. The molecule has 170 valence electrons. The van der Waals surface area contributed by atoms with Crippen molar-refractivity contribution in [3.8, 4) is 28.7 Å². The van der Waals surface area contributed by atoms with Crippen molar-refractivity contribution in [2.24, 2.45) is 0 Å². The normalized spacial score (nSPS) is 10.6. The number of methoxy groups -OCH3 is 5. The van der Waals surface area contributed by atoms with E-state index in [0.717, 1.165) is 28.6 Å². The Labute approximate surface area is 187 Å². The van der Waals surface area contributed by atoms with Crippen LogP contribution in [0.1, 0.15) is 28.7 Å². The summed E-state index contributed by atoms with van der Waals surface area (Å²) in [4.78, 5) is 17.7. The fraction of sp³-hybridized carbons (Fsp3) is 0.333. The third-order valence-electron chi connectivity index (χ3n) is 5.17. The van der Waals surface area contributed by atoms with Crippen molar-refractivity contribution in [3.63, 3.8) is 0 Å². The summed E-state index contributed by atoms with van der Waals surface area (Å²) in [5.74, 6) is 2.19. The van der Waals surface area contributed by atoms with Gasteiger partial charge in [-0.25, -0.2) is 0 Å². The van der Waals surface area contributed by atoms with Gasteiger partial charge in [0.2, 0.25) is 5.75 Å². The number of hydrogen-bond donors (Lipinski definition) is 1. The number of ether oxygens (including phenoxy) is 5. The first-order valence-electron chi connectivity index (χ1n) is 10.1. The highest BCUT2D eigenvalue weighted by atomic mass is 16.5. The van der Waals surface area contributed by atoms with Crippen LogP contribution in [-0.2, 0) is 13.0 Å². The second-order valence-electron chi connectivity index (χ2n) is 6.94. The predicted molar refractivity (Wildman–Crippen MR) is 121 cm³/mol. The molecule has 0 bridgehead atoms. The molecule has 2 aromatic carbocycles. The number of pyridine rings is 1. The van der Waals surface area contributed by atoms with E-state index in [0.29, 0.717) is 34.3 Å². The zero-order chi connectivity index (χ0) is 23.3. The van der Waals surface area contributed by atoms with Crippen LogP contribution in [0.4, 0.5) is 0 Å². The van der Waals surface area contributed by atoms with Crippen molar-refractivity contribution in [1.29, 1.82) is 0 Å². The first-order chi connectivity index (χ1) is 15.5. The highest BCUT2D eigenvalue weighted by molar-refractivity contribution is 5.96. The Morgan fingerprint density at radius 1 is 0.812 bits per heavy atom. The van der Waals surface area contributed by atoms with Gasteiger partial charge in [0.25, 0.3) is 5.91 Å². The van der Waals surface area contributed by atoms with Gasteiger partial charge in [-0.15, -0.1) is 0 Å². The number of carbonyl (C=O) groups excluding carboxylic acids is 1.